The Morgan fingerprint density at radius 2 is 1.82 bits per heavy atom. The number of carbonyl (C=O) groups is 2. The number of hydrogen-bond donors (Lipinski definition) is 3. The molecule has 0 saturated heterocycles. The quantitative estimate of drug-likeness (QED) is 0.289. The molecule has 0 fully saturated rings. The van der Waals surface area contributed by atoms with Crippen LogP contribution in [0, 0.1) is 11.6 Å². The van der Waals surface area contributed by atoms with Crippen LogP contribution < -0.4 is 10.6 Å². The smallest absolute Gasteiger partial charge is 0.363 e. The summed E-state index contributed by atoms with van der Waals surface area (Å²) in [5, 5.41) is 20.5. The highest BCUT2D eigenvalue weighted by atomic mass is 35.5. The first-order chi connectivity index (χ1) is 17.7. The van der Waals surface area contributed by atoms with Gasteiger partial charge in [0.05, 0.1) is 16.8 Å². The van der Waals surface area contributed by atoms with E-state index in [1.165, 1.54) is 17.8 Å². The zero-order valence-electron chi connectivity index (χ0n) is 18.8. The van der Waals surface area contributed by atoms with E-state index in [4.69, 9.17) is 23.2 Å². The van der Waals surface area contributed by atoms with E-state index in [1.807, 2.05) is 0 Å². The molecule has 2 heterocycles. The summed E-state index contributed by atoms with van der Waals surface area (Å²) in [6, 6.07) is 5.48. The van der Waals surface area contributed by atoms with Crippen LogP contribution in [-0.2, 0) is 18.9 Å². The molecular weight excluding hydrogens is 558 g/mol. The molecule has 38 heavy (non-hydrogen) atoms. The van der Waals surface area contributed by atoms with Crippen molar-refractivity contribution in [1.29, 1.82) is 0 Å². The summed E-state index contributed by atoms with van der Waals surface area (Å²) in [4.78, 5) is 26.2. The van der Waals surface area contributed by atoms with Crippen LogP contribution >= 0.6 is 23.2 Å². The van der Waals surface area contributed by atoms with Gasteiger partial charge in [-0.2, -0.15) is 18.3 Å². The molecule has 2 amide bonds. The number of aliphatic hydroxyl groups is 1. The lowest BCUT2D eigenvalue weighted by Crippen LogP contribution is -2.41. The van der Waals surface area contributed by atoms with Gasteiger partial charge in [0.25, 0.3) is 11.8 Å². The maximum absolute atomic E-state index is 14.1. The highest BCUT2D eigenvalue weighted by molar-refractivity contribution is 6.35. The minimum absolute atomic E-state index is 0.0107. The Morgan fingerprint density at radius 3 is 2.50 bits per heavy atom. The molecule has 0 radical (unpaired) electrons. The number of aryl methyl sites for hydroxylation is 1. The van der Waals surface area contributed by atoms with Crippen molar-refractivity contribution in [2.75, 3.05) is 5.32 Å². The molecule has 1 aromatic heterocycles. The summed E-state index contributed by atoms with van der Waals surface area (Å²) in [6.45, 7) is 0. The highest BCUT2D eigenvalue weighted by Gasteiger charge is 2.48. The molecular formula is C24H13Cl2F5N4O3. The maximum atomic E-state index is 14.1. The second-order valence-electron chi connectivity index (χ2n) is 8.45. The van der Waals surface area contributed by atoms with Crippen LogP contribution in [0.2, 0.25) is 10.2 Å². The fourth-order valence-electron chi connectivity index (χ4n) is 4.34. The number of halogens is 7. The number of alkyl halides is 3. The summed E-state index contributed by atoms with van der Waals surface area (Å²) < 4.78 is 68.9. The Bertz CT molecular complexity index is 1690. The van der Waals surface area contributed by atoms with E-state index in [-0.39, 0.29) is 49.5 Å². The molecule has 0 bridgehead atoms. The van der Waals surface area contributed by atoms with E-state index in [9.17, 15) is 36.6 Å². The first-order valence-corrected chi connectivity index (χ1v) is 11.4. The Balaban J connectivity index is 1.74. The fraction of sp³-hybridized carbons (Fsp3) is 0.125. The van der Waals surface area contributed by atoms with Gasteiger partial charge >= 0.3 is 6.18 Å². The minimum Gasteiger partial charge on any atom is -0.363 e. The second kappa shape index (κ2) is 8.65. The summed E-state index contributed by atoms with van der Waals surface area (Å²) in [5.41, 5.74) is -5.77. The van der Waals surface area contributed by atoms with Gasteiger partial charge in [-0.15, -0.1) is 0 Å². The number of aromatic nitrogens is 2. The van der Waals surface area contributed by atoms with Crippen molar-refractivity contribution < 1.29 is 36.6 Å². The predicted molar refractivity (Wildman–Crippen MR) is 127 cm³/mol. The third-order valence-electron chi connectivity index (χ3n) is 5.99. The van der Waals surface area contributed by atoms with Crippen molar-refractivity contribution in [3.05, 3.63) is 92.1 Å². The van der Waals surface area contributed by atoms with Gasteiger partial charge in [-0.25, -0.2) is 8.78 Å². The number of anilines is 1. The number of nitrogens with zero attached hydrogens (tertiary/aromatic N) is 2. The van der Waals surface area contributed by atoms with Crippen molar-refractivity contribution in [3.8, 4) is 0 Å². The number of carbonyl (C=O) groups excluding carboxylic acids is 2. The zero-order valence-corrected chi connectivity index (χ0v) is 20.4. The summed E-state index contributed by atoms with van der Waals surface area (Å²) >= 11 is 12.5. The number of fused-ring (bicyclic) bond motifs is 3. The van der Waals surface area contributed by atoms with Crippen LogP contribution in [-0.4, -0.2) is 26.7 Å². The van der Waals surface area contributed by atoms with Crippen LogP contribution in [0.5, 0.6) is 0 Å². The van der Waals surface area contributed by atoms with Gasteiger partial charge in [-0.1, -0.05) is 23.2 Å². The van der Waals surface area contributed by atoms with Crippen LogP contribution in [0.4, 0.5) is 27.6 Å². The molecule has 1 unspecified atom stereocenters. The van der Waals surface area contributed by atoms with Crippen molar-refractivity contribution in [1.82, 2.24) is 15.1 Å². The van der Waals surface area contributed by atoms with Gasteiger partial charge < -0.3 is 15.7 Å². The summed E-state index contributed by atoms with van der Waals surface area (Å²) in [7, 11) is 1.46. The molecule has 1 atom stereocenters. The van der Waals surface area contributed by atoms with Crippen molar-refractivity contribution in [2.24, 2.45) is 7.05 Å². The summed E-state index contributed by atoms with van der Waals surface area (Å²) in [5.74, 6) is -4.22. The first kappa shape index (κ1) is 25.9. The maximum Gasteiger partial charge on any atom is 0.416 e. The standard InChI is InChI=1S/C24H13Cl2F5N4O3/c1-35-20(26)13-8-16(32-21(36)9-4-10(24(29,30)31)6-12(28)5-9)18-17(19(13)34-35)22(37)33-23(18,38)14-7-11(27)2-3-15(14)25/h2-8,38H,1H3,(H,32,36)(H,33,37). The Morgan fingerprint density at radius 1 is 1.11 bits per heavy atom. The number of benzene rings is 3. The van der Waals surface area contributed by atoms with E-state index in [0.29, 0.717) is 12.1 Å². The minimum atomic E-state index is -4.94. The Kier molecular flexibility index (Phi) is 5.89. The molecule has 0 saturated carbocycles. The topological polar surface area (TPSA) is 96.2 Å². The molecule has 3 aromatic carbocycles. The van der Waals surface area contributed by atoms with E-state index in [2.05, 4.69) is 15.7 Å². The largest absolute Gasteiger partial charge is 0.416 e. The third kappa shape index (κ3) is 4.05. The van der Waals surface area contributed by atoms with E-state index < -0.39 is 46.5 Å². The number of nitrogens with one attached hydrogen (secondary N) is 2. The number of amides is 2. The van der Waals surface area contributed by atoms with Crippen molar-refractivity contribution in [2.45, 2.75) is 11.9 Å². The van der Waals surface area contributed by atoms with Crippen LogP contribution in [0.1, 0.15) is 37.4 Å². The second-order valence-corrected chi connectivity index (χ2v) is 9.22. The lowest BCUT2D eigenvalue weighted by molar-refractivity contribution is -0.137. The van der Waals surface area contributed by atoms with Crippen molar-refractivity contribution in [3.63, 3.8) is 0 Å². The lowest BCUT2D eigenvalue weighted by Gasteiger charge is -2.27. The molecule has 1 aliphatic heterocycles. The van der Waals surface area contributed by atoms with Gasteiger partial charge in [-0.05, 0) is 42.5 Å². The monoisotopic (exact) mass is 570 g/mol. The molecule has 14 heteroatoms. The Hall–Kier alpha value is -3.74. The fourth-order valence-corrected chi connectivity index (χ4v) is 4.78. The SMILES string of the molecule is Cn1nc2c3c(c(NC(=O)c4cc(F)cc(C(F)(F)F)c4)cc2c1Cl)C(O)(c1cc(F)ccc1Cl)NC3=O. The van der Waals surface area contributed by atoms with Gasteiger partial charge in [0.15, 0.2) is 5.72 Å². The van der Waals surface area contributed by atoms with Gasteiger partial charge in [-0.3, -0.25) is 14.3 Å². The normalized spacial score (nSPS) is 17.0. The molecule has 5 rings (SSSR count). The third-order valence-corrected chi connectivity index (χ3v) is 6.77. The Labute approximate surface area is 219 Å². The molecule has 7 nitrogen and oxygen atoms in total. The molecule has 0 spiro atoms. The molecule has 3 N–H and O–H groups in total. The molecule has 1 aliphatic rings. The molecule has 196 valence electrons. The van der Waals surface area contributed by atoms with Crippen LogP contribution in [0.25, 0.3) is 10.9 Å². The van der Waals surface area contributed by atoms with Crippen LogP contribution in [0.15, 0.2) is 42.5 Å². The van der Waals surface area contributed by atoms with E-state index in [1.54, 1.807) is 0 Å². The number of hydrogen-bond acceptors (Lipinski definition) is 4. The average molecular weight is 571 g/mol. The zero-order chi connectivity index (χ0) is 27.7. The van der Waals surface area contributed by atoms with Gasteiger partial charge in [0.2, 0.25) is 0 Å². The van der Waals surface area contributed by atoms with E-state index >= 15 is 0 Å². The van der Waals surface area contributed by atoms with Crippen LogP contribution in [0.3, 0.4) is 0 Å². The first-order valence-electron chi connectivity index (χ1n) is 10.6. The van der Waals surface area contributed by atoms with Gasteiger partial charge in [0, 0.05) is 34.1 Å². The molecule has 0 aliphatic carbocycles. The number of rotatable bonds is 3. The predicted octanol–water partition coefficient (Wildman–Crippen LogP) is 5.37. The van der Waals surface area contributed by atoms with E-state index in [0.717, 1.165) is 18.2 Å². The molecule has 4 aromatic rings. The summed E-state index contributed by atoms with van der Waals surface area (Å²) in [6.07, 6.45) is -4.94. The van der Waals surface area contributed by atoms with Gasteiger partial charge in [0.1, 0.15) is 22.3 Å². The van der Waals surface area contributed by atoms with Crippen molar-refractivity contribution >= 4 is 51.6 Å². The lowest BCUT2D eigenvalue weighted by atomic mass is 9.91. The average Bonchev–Trinajstić information content (AvgIpc) is 3.27. The highest BCUT2D eigenvalue weighted by Crippen LogP contribution is 2.46.